The average Bonchev–Trinajstić information content (AvgIpc) is 2.77. The lowest BCUT2D eigenvalue weighted by Gasteiger charge is -2.17. The molecule has 29 heavy (non-hydrogen) atoms. The standard InChI is InChI=1S/C22H20N4O2S/c23-12-13-24-21(27)20(15-29-14-16-6-2-1-3-7-16)26-22(28)19-11-10-17-8-4-5-9-18(17)25-19/h1-11,20H,13-15H2,(H,24,27)(H,26,28)/t20-/m0/s1. The van der Waals surface area contributed by atoms with Gasteiger partial charge in [0.25, 0.3) is 5.91 Å². The normalized spacial score (nSPS) is 11.4. The Morgan fingerprint density at radius 3 is 2.59 bits per heavy atom. The van der Waals surface area contributed by atoms with Crippen LogP contribution in [-0.2, 0) is 10.5 Å². The number of hydrogen-bond acceptors (Lipinski definition) is 5. The number of hydrogen-bond donors (Lipinski definition) is 2. The Kier molecular flexibility index (Phi) is 7.20. The molecule has 0 aliphatic carbocycles. The molecule has 0 radical (unpaired) electrons. The number of nitrogens with one attached hydrogen (secondary N) is 2. The van der Waals surface area contributed by atoms with Gasteiger partial charge in [-0.05, 0) is 17.7 Å². The molecule has 0 fully saturated rings. The third-order valence-corrected chi connectivity index (χ3v) is 5.30. The second-order valence-electron chi connectivity index (χ2n) is 6.29. The number of aromatic nitrogens is 1. The topological polar surface area (TPSA) is 94.9 Å². The maximum Gasteiger partial charge on any atom is 0.270 e. The monoisotopic (exact) mass is 404 g/mol. The van der Waals surface area contributed by atoms with Crippen molar-refractivity contribution in [2.75, 3.05) is 12.3 Å². The van der Waals surface area contributed by atoms with Crippen molar-refractivity contribution in [3.63, 3.8) is 0 Å². The number of thioether (sulfide) groups is 1. The zero-order chi connectivity index (χ0) is 20.5. The van der Waals surface area contributed by atoms with Gasteiger partial charge in [-0.15, -0.1) is 0 Å². The predicted octanol–water partition coefficient (Wildman–Crippen LogP) is 2.91. The highest BCUT2D eigenvalue weighted by molar-refractivity contribution is 7.98. The van der Waals surface area contributed by atoms with Crippen LogP contribution < -0.4 is 10.6 Å². The predicted molar refractivity (Wildman–Crippen MR) is 114 cm³/mol. The van der Waals surface area contributed by atoms with Gasteiger partial charge in [0.1, 0.15) is 18.3 Å². The fourth-order valence-corrected chi connectivity index (χ4v) is 3.74. The van der Waals surface area contributed by atoms with Gasteiger partial charge in [-0.3, -0.25) is 9.59 Å². The van der Waals surface area contributed by atoms with E-state index in [-0.39, 0.29) is 18.1 Å². The van der Waals surface area contributed by atoms with Gasteiger partial charge in [0, 0.05) is 16.9 Å². The van der Waals surface area contributed by atoms with Crippen molar-refractivity contribution in [1.29, 1.82) is 5.26 Å². The Bertz CT molecular complexity index is 1030. The van der Waals surface area contributed by atoms with Crippen LogP contribution >= 0.6 is 11.8 Å². The lowest BCUT2D eigenvalue weighted by atomic mass is 10.2. The first-order chi connectivity index (χ1) is 14.2. The fraction of sp³-hybridized carbons (Fsp3) is 0.182. The third-order valence-electron chi connectivity index (χ3n) is 4.19. The molecule has 0 bridgehead atoms. The SMILES string of the molecule is N#CCNC(=O)[C@H](CSCc1ccccc1)NC(=O)c1ccc2ccccc2n1. The Morgan fingerprint density at radius 2 is 1.79 bits per heavy atom. The van der Waals surface area contributed by atoms with E-state index in [0.29, 0.717) is 17.0 Å². The van der Waals surface area contributed by atoms with Gasteiger partial charge in [0.2, 0.25) is 5.91 Å². The van der Waals surface area contributed by atoms with Gasteiger partial charge in [0.05, 0.1) is 11.6 Å². The third kappa shape index (κ3) is 5.80. The highest BCUT2D eigenvalue weighted by Gasteiger charge is 2.22. The van der Waals surface area contributed by atoms with E-state index < -0.39 is 11.9 Å². The minimum Gasteiger partial charge on any atom is -0.341 e. The Balaban J connectivity index is 1.67. The second kappa shape index (κ2) is 10.2. The van der Waals surface area contributed by atoms with Crippen LogP contribution in [0.3, 0.4) is 0 Å². The van der Waals surface area contributed by atoms with Crippen LogP contribution in [-0.4, -0.2) is 35.1 Å². The van der Waals surface area contributed by atoms with Crippen LogP contribution in [0.15, 0.2) is 66.7 Å². The molecule has 0 saturated heterocycles. The number of carbonyl (C=O) groups is 2. The summed E-state index contributed by atoms with van der Waals surface area (Å²) in [6.07, 6.45) is 0. The average molecular weight is 404 g/mol. The number of carbonyl (C=O) groups excluding carboxylic acids is 2. The molecule has 2 N–H and O–H groups in total. The minimum atomic E-state index is -0.766. The molecule has 0 saturated carbocycles. The maximum absolute atomic E-state index is 12.7. The van der Waals surface area contributed by atoms with E-state index in [9.17, 15) is 9.59 Å². The van der Waals surface area contributed by atoms with Crippen LogP contribution in [0.1, 0.15) is 16.1 Å². The number of para-hydroxylation sites is 1. The summed E-state index contributed by atoms with van der Waals surface area (Å²) in [6.45, 7) is -0.108. The van der Waals surface area contributed by atoms with Crippen LogP contribution in [0.4, 0.5) is 0 Å². The van der Waals surface area contributed by atoms with Gasteiger partial charge < -0.3 is 10.6 Å². The molecule has 0 spiro atoms. The fourth-order valence-electron chi connectivity index (χ4n) is 2.73. The molecule has 6 nitrogen and oxygen atoms in total. The summed E-state index contributed by atoms with van der Waals surface area (Å²) in [5, 5.41) is 14.9. The molecule has 2 aromatic carbocycles. The minimum absolute atomic E-state index is 0.108. The lowest BCUT2D eigenvalue weighted by Crippen LogP contribution is -2.48. The summed E-state index contributed by atoms with van der Waals surface area (Å²) in [4.78, 5) is 29.5. The van der Waals surface area contributed by atoms with Crippen LogP contribution in [0.25, 0.3) is 10.9 Å². The number of pyridine rings is 1. The van der Waals surface area contributed by atoms with E-state index in [1.54, 1.807) is 6.07 Å². The van der Waals surface area contributed by atoms with E-state index in [1.807, 2.05) is 66.7 Å². The first kappa shape index (κ1) is 20.4. The largest absolute Gasteiger partial charge is 0.341 e. The van der Waals surface area contributed by atoms with Crippen molar-refractivity contribution in [2.45, 2.75) is 11.8 Å². The van der Waals surface area contributed by atoms with Gasteiger partial charge in [-0.2, -0.15) is 17.0 Å². The zero-order valence-electron chi connectivity index (χ0n) is 15.7. The van der Waals surface area contributed by atoms with Crippen molar-refractivity contribution in [3.8, 4) is 6.07 Å². The number of fused-ring (bicyclic) bond motifs is 1. The van der Waals surface area contributed by atoms with Gasteiger partial charge in [-0.25, -0.2) is 4.98 Å². The van der Waals surface area contributed by atoms with Crippen molar-refractivity contribution in [2.24, 2.45) is 0 Å². The first-order valence-corrected chi connectivity index (χ1v) is 10.3. The number of nitriles is 1. The quantitative estimate of drug-likeness (QED) is 0.563. The van der Waals surface area contributed by atoms with Crippen molar-refractivity contribution in [1.82, 2.24) is 15.6 Å². The molecule has 3 aromatic rings. The molecule has 0 unspecified atom stereocenters. The Morgan fingerprint density at radius 1 is 1.03 bits per heavy atom. The molecule has 0 aliphatic heterocycles. The van der Waals surface area contributed by atoms with Gasteiger partial charge in [-0.1, -0.05) is 54.6 Å². The zero-order valence-corrected chi connectivity index (χ0v) is 16.5. The van der Waals surface area contributed by atoms with E-state index in [4.69, 9.17) is 5.26 Å². The van der Waals surface area contributed by atoms with Gasteiger partial charge >= 0.3 is 0 Å². The second-order valence-corrected chi connectivity index (χ2v) is 7.32. The summed E-state index contributed by atoms with van der Waals surface area (Å²) in [7, 11) is 0. The summed E-state index contributed by atoms with van der Waals surface area (Å²) < 4.78 is 0. The van der Waals surface area contributed by atoms with E-state index in [2.05, 4.69) is 15.6 Å². The molecular weight excluding hydrogens is 384 g/mol. The van der Waals surface area contributed by atoms with Crippen LogP contribution in [0, 0.1) is 11.3 Å². The molecule has 1 heterocycles. The maximum atomic E-state index is 12.7. The number of nitrogens with zero attached hydrogens (tertiary/aromatic N) is 2. The number of amides is 2. The Hall–Kier alpha value is -3.37. The van der Waals surface area contributed by atoms with Crippen LogP contribution in [0.2, 0.25) is 0 Å². The van der Waals surface area contributed by atoms with E-state index in [0.717, 1.165) is 10.9 Å². The molecule has 1 aromatic heterocycles. The molecular formula is C22H20N4O2S. The summed E-state index contributed by atoms with van der Waals surface area (Å²) in [6, 6.07) is 22.0. The first-order valence-electron chi connectivity index (χ1n) is 9.10. The summed E-state index contributed by atoms with van der Waals surface area (Å²) >= 11 is 1.54. The Labute approximate surface area is 173 Å². The summed E-state index contributed by atoms with van der Waals surface area (Å²) in [5.74, 6) is 0.285. The molecule has 0 aliphatic rings. The lowest BCUT2D eigenvalue weighted by molar-refractivity contribution is -0.122. The van der Waals surface area contributed by atoms with Crippen molar-refractivity contribution >= 4 is 34.5 Å². The highest BCUT2D eigenvalue weighted by Crippen LogP contribution is 2.14. The van der Waals surface area contributed by atoms with E-state index in [1.165, 1.54) is 11.8 Å². The molecule has 1 atom stereocenters. The van der Waals surface area contributed by atoms with Crippen molar-refractivity contribution < 1.29 is 9.59 Å². The van der Waals surface area contributed by atoms with Crippen LogP contribution in [0.5, 0.6) is 0 Å². The smallest absolute Gasteiger partial charge is 0.270 e. The van der Waals surface area contributed by atoms with Crippen molar-refractivity contribution in [3.05, 3.63) is 78.0 Å². The number of benzene rings is 2. The molecule has 146 valence electrons. The van der Waals surface area contributed by atoms with Gasteiger partial charge in [0.15, 0.2) is 0 Å². The highest BCUT2D eigenvalue weighted by atomic mass is 32.2. The molecule has 2 amide bonds. The number of rotatable bonds is 8. The summed E-state index contributed by atoms with van der Waals surface area (Å²) in [5.41, 5.74) is 2.09. The molecule has 7 heteroatoms. The van der Waals surface area contributed by atoms with E-state index >= 15 is 0 Å². The molecule has 3 rings (SSSR count).